The van der Waals surface area contributed by atoms with Gasteiger partial charge < -0.3 is 4.74 Å². The molecule has 1 heterocycles. The van der Waals surface area contributed by atoms with E-state index in [4.69, 9.17) is 0 Å². The van der Waals surface area contributed by atoms with Crippen LogP contribution in [0.15, 0.2) is 24.3 Å². The van der Waals surface area contributed by atoms with E-state index in [9.17, 15) is 13.2 Å². The van der Waals surface area contributed by atoms with Crippen molar-refractivity contribution in [3.63, 3.8) is 0 Å². The molecule has 0 amide bonds. The van der Waals surface area contributed by atoms with E-state index >= 15 is 0 Å². The Bertz CT molecular complexity index is 554. The fraction of sp³-hybridized carbons (Fsp3) is 0.417. The van der Waals surface area contributed by atoms with Crippen molar-refractivity contribution >= 4 is 21.9 Å². The Morgan fingerprint density at radius 1 is 1.37 bits per heavy atom. The number of nitrogens with one attached hydrogen (secondary N) is 1. The van der Waals surface area contributed by atoms with Gasteiger partial charge in [0.15, 0.2) is 0 Å². The lowest BCUT2D eigenvalue weighted by Gasteiger charge is -2.16. The molecule has 1 aliphatic rings. The van der Waals surface area contributed by atoms with Gasteiger partial charge in [0, 0.05) is 19.5 Å². The Balaban J connectivity index is 2.04. The molecular formula is C12H16N2O4S. The molecule has 1 aromatic rings. The molecule has 1 aromatic carbocycles. The third kappa shape index (κ3) is 3.24. The second kappa shape index (κ2) is 5.58. The second-order valence-corrected chi connectivity index (χ2v) is 5.89. The molecule has 1 fully saturated rings. The minimum absolute atomic E-state index is 0.254. The predicted molar refractivity (Wildman–Crippen MR) is 71.0 cm³/mol. The summed E-state index contributed by atoms with van der Waals surface area (Å²) in [4.78, 5) is 11.0. The molecule has 104 valence electrons. The number of aryl methyl sites for hydroxylation is 1. The number of nitrogens with zero attached hydrogens (tertiary/aromatic N) is 1. The van der Waals surface area contributed by atoms with Crippen LogP contribution in [0.25, 0.3) is 0 Å². The van der Waals surface area contributed by atoms with E-state index in [2.05, 4.69) is 9.46 Å². The third-order valence-electron chi connectivity index (χ3n) is 2.96. The van der Waals surface area contributed by atoms with Gasteiger partial charge in [0.1, 0.15) is 0 Å². The minimum atomic E-state index is -3.37. The van der Waals surface area contributed by atoms with Crippen LogP contribution in [0, 0.1) is 0 Å². The number of esters is 1. The number of rotatable bonds is 4. The highest BCUT2D eigenvalue weighted by molar-refractivity contribution is 7.91. The van der Waals surface area contributed by atoms with Crippen molar-refractivity contribution < 1.29 is 17.9 Å². The smallest absolute Gasteiger partial charge is 0.305 e. The average Bonchev–Trinajstić information content (AvgIpc) is 2.76. The monoisotopic (exact) mass is 284 g/mol. The largest absolute Gasteiger partial charge is 0.469 e. The highest BCUT2D eigenvalue weighted by Gasteiger charge is 2.27. The molecule has 0 aromatic heterocycles. The van der Waals surface area contributed by atoms with Crippen LogP contribution in [0.3, 0.4) is 0 Å². The third-order valence-corrected chi connectivity index (χ3v) is 4.50. The molecular weight excluding hydrogens is 268 g/mol. The molecule has 6 nitrogen and oxygen atoms in total. The maximum atomic E-state index is 11.7. The first-order chi connectivity index (χ1) is 9.03. The van der Waals surface area contributed by atoms with E-state index in [-0.39, 0.29) is 5.97 Å². The van der Waals surface area contributed by atoms with Crippen molar-refractivity contribution in [3.05, 3.63) is 29.8 Å². The van der Waals surface area contributed by atoms with Crippen molar-refractivity contribution in [3.8, 4) is 0 Å². The zero-order chi connectivity index (χ0) is 13.9. The molecule has 19 heavy (non-hydrogen) atoms. The lowest BCUT2D eigenvalue weighted by atomic mass is 10.1. The molecule has 1 aliphatic heterocycles. The van der Waals surface area contributed by atoms with Crippen molar-refractivity contribution in [2.24, 2.45) is 0 Å². The van der Waals surface area contributed by atoms with Gasteiger partial charge in [-0.2, -0.15) is 13.1 Å². The number of carbonyl (C=O) groups is 1. The first-order valence-electron chi connectivity index (χ1n) is 5.96. The summed E-state index contributed by atoms with van der Waals surface area (Å²) in [6.07, 6.45) is 0.900. The number of methoxy groups -OCH3 is 1. The number of carbonyl (C=O) groups excluding carboxylic acids is 1. The second-order valence-electron chi connectivity index (χ2n) is 4.21. The van der Waals surface area contributed by atoms with Crippen LogP contribution in [-0.2, 0) is 26.2 Å². The normalized spacial score (nSPS) is 17.4. The molecule has 0 saturated carbocycles. The first kappa shape index (κ1) is 13.8. The zero-order valence-corrected chi connectivity index (χ0v) is 11.4. The molecule has 7 heteroatoms. The summed E-state index contributed by atoms with van der Waals surface area (Å²) in [5.41, 5.74) is 1.60. The summed E-state index contributed by atoms with van der Waals surface area (Å²) in [5.74, 6) is -0.254. The number of benzene rings is 1. The van der Waals surface area contributed by atoms with Crippen LogP contribution in [0.2, 0.25) is 0 Å². The van der Waals surface area contributed by atoms with Crippen LogP contribution in [-0.4, -0.2) is 34.6 Å². The maximum absolute atomic E-state index is 11.7. The van der Waals surface area contributed by atoms with Gasteiger partial charge in [0.05, 0.1) is 12.8 Å². The maximum Gasteiger partial charge on any atom is 0.305 e. The Morgan fingerprint density at radius 3 is 2.58 bits per heavy atom. The molecule has 0 bridgehead atoms. The average molecular weight is 284 g/mol. The number of ether oxygens (including phenoxy) is 1. The summed E-state index contributed by atoms with van der Waals surface area (Å²) < 4.78 is 31.7. The first-order valence-corrected chi connectivity index (χ1v) is 7.40. The fourth-order valence-electron chi connectivity index (χ4n) is 1.92. The van der Waals surface area contributed by atoms with Crippen molar-refractivity contribution in [2.75, 3.05) is 24.5 Å². The molecule has 0 radical (unpaired) electrons. The molecule has 0 spiro atoms. The molecule has 0 aliphatic carbocycles. The van der Waals surface area contributed by atoms with Gasteiger partial charge in [-0.25, -0.2) is 0 Å². The van der Waals surface area contributed by atoms with Crippen LogP contribution in [0.4, 0.5) is 5.69 Å². The van der Waals surface area contributed by atoms with Crippen molar-refractivity contribution in [1.29, 1.82) is 0 Å². The summed E-state index contributed by atoms with van der Waals surface area (Å²) in [5, 5.41) is 0. The van der Waals surface area contributed by atoms with Crippen molar-refractivity contribution in [2.45, 2.75) is 12.8 Å². The summed E-state index contributed by atoms with van der Waals surface area (Å²) in [6, 6.07) is 7.15. The highest BCUT2D eigenvalue weighted by atomic mass is 32.2. The number of hydrogen-bond donors (Lipinski definition) is 1. The van der Waals surface area contributed by atoms with Gasteiger partial charge in [-0.05, 0) is 24.1 Å². The molecule has 2 rings (SSSR count). The van der Waals surface area contributed by atoms with Gasteiger partial charge in [-0.15, -0.1) is 0 Å². The van der Waals surface area contributed by atoms with Crippen LogP contribution < -0.4 is 9.03 Å². The summed E-state index contributed by atoms with van der Waals surface area (Å²) in [6.45, 7) is 0.857. The van der Waals surface area contributed by atoms with E-state index in [1.807, 2.05) is 12.1 Å². The molecule has 1 N–H and O–H groups in total. The lowest BCUT2D eigenvalue weighted by Crippen LogP contribution is -2.29. The van der Waals surface area contributed by atoms with Gasteiger partial charge in [0.2, 0.25) is 0 Å². The summed E-state index contributed by atoms with van der Waals surface area (Å²) >= 11 is 0. The highest BCUT2D eigenvalue weighted by Crippen LogP contribution is 2.20. The predicted octanol–water partition coefficient (Wildman–Crippen LogP) is 0.447. The SMILES string of the molecule is COC(=O)CCc1ccc(N2CCNS2(=O)=O)cc1. The zero-order valence-electron chi connectivity index (χ0n) is 10.6. The van der Waals surface area contributed by atoms with Crippen LogP contribution >= 0.6 is 0 Å². The van der Waals surface area contributed by atoms with Crippen LogP contribution in [0.5, 0.6) is 0 Å². The molecule has 0 unspecified atom stereocenters. The minimum Gasteiger partial charge on any atom is -0.469 e. The van der Waals surface area contributed by atoms with Crippen LogP contribution in [0.1, 0.15) is 12.0 Å². The van der Waals surface area contributed by atoms with Crippen molar-refractivity contribution in [1.82, 2.24) is 4.72 Å². The van der Waals surface area contributed by atoms with Gasteiger partial charge in [0.25, 0.3) is 0 Å². The fourth-order valence-corrected chi connectivity index (χ4v) is 3.16. The lowest BCUT2D eigenvalue weighted by molar-refractivity contribution is -0.140. The van der Waals surface area contributed by atoms with Gasteiger partial charge in [-0.3, -0.25) is 9.10 Å². The Kier molecular flexibility index (Phi) is 4.06. The van der Waals surface area contributed by atoms with E-state index in [0.717, 1.165) is 5.56 Å². The quantitative estimate of drug-likeness (QED) is 0.814. The topological polar surface area (TPSA) is 75.7 Å². The molecule has 1 saturated heterocycles. The Labute approximate surface area is 112 Å². The van der Waals surface area contributed by atoms with E-state index in [1.165, 1.54) is 11.4 Å². The molecule has 0 atom stereocenters. The van der Waals surface area contributed by atoms with E-state index in [1.54, 1.807) is 12.1 Å². The summed E-state index contributed by atoms with van der Waals surface area (Å²) in [7, 11) is -2.02. The van der Waals surface area contributed by atoms with Gasteiger partial charge in [-0.1, -0.05) is 12.1 Å². The van der Waals surface area contributed by atoms with E-state index < -0.39 is 10.2 Å². The Morgan fingerprint density at radius 2 is 2.05 bits per heavy atom. The number of hydrogen-bond acceptors (Lipinski definition) is 4. The standard InChI is InChI=1S/C12H16N2O4S/c1-18-12(15)7-4-10-2-5-11(6-3-10)14-9-8-13-19(14,16)17/h2-3,5-6,13H,4,7-9H2,1H3. The number of anilines is 1. The van der Waals surface area contributed by atoms with Gasteiger partial charge >= 0.3 is 16.2 Å². The Hall–Kier alpha value is -1.60. The van der Waals surface area contributed by atoms with E-state index in [0.29, 0.717) is 31.6 Å².